The van der Waals surface area contributed by atoms with Crippen molar-refractivity contribution in [1.29, 1.82) is 0 Å². The minimum absolute atomic E-state index is 0.132. The maximum absolute atomic E-state index is 13.5. The van der Waals surface area contributed by atoms with Gasteiger partial charge in [-0.3, -0.25) is 4.99 Å². The largest absolute Gasteiger partial charge is 0.469 e. The van der Waals surface area contributed by atoms with Crippen molar-refractivity contribution < 1.29 is 17.9 Å². The van der Waals surface area contributed by atoms with Crippen LogP contribution in [0.25, 0.3) is 0 Å². The van der Waals surface area contributed by atoms with E-state index in [4.69, 9.17) is 9.15 Å². The minimum atomic E-state index is -0.857. The van der Waals surface area contributed by atoms with Crippen LogP contribution in [0.5, 0.6) is 0 Å². The molecule has 2 aromatic rings. The summed E-state index contributed by atoms with van der Waals surface area (Å²) < 4.78 is 37.6. The molecule has 2 N–H and O–H groups in total. The van der Waals surface area contributed by atoms with Crippen molar-refractivity contribution in [1.82, 2.24) is 10.6 Å². The molecule has 1 aliphatic heterocycles. The molecule has 27 heavy (non-hydrogen) atoms. The average Bonchev–Trinajstić information content (AvgIpc) is 3.35. The van der Waals surface area contributed by atoms with Crippen molar-refractivity contribution in [3.05, 3.63) is 59.6 Å². The maximum atomic E-state index is 13.5. The van der Waals surface area contributed by atoms with E-state index in [0.717, 1.165) is 31.3 Å². The number of hydrogen-bond donors (Lipinski definition) is 2. The predicted molar refractivity (Wildman–Crippen MR) is 99.6 cm³/mol. The first-order valence-electron chi connectivity index (χ1n) is 9.25. The monoisotopic (exact) mass is 377 g/mol. The van der Waals surface area contributed by atoms with Crippen molar-refractivity contribution >= 4 is 5.96 Å². The van der Waals surface area contributed by atoms with E-state index in [0.29, 0.717) is 31.0 Å². The molecule has 2 heterocycles. The van der Waals surface area contributed by atoms with Gasteiger partial charge < -0.3 is 19.8 Å². The molecule has 0 radical (unpaired) electrons. The summed E-state index contributed by atoms with van der Waals surface area (Å²) in [4.78, 5) is 4.60. The molecule has 146 valence electrons. The molecule has 0 aliphatic carbocycles. The van der Waals surface area contributed by atoms with Gasteiger partial charge in [0.1, 0.15) is 5.76 Å². The molecule has 2 atom stereocenters. The average molecular weight is 377 g/mol. The quantitative estimate of drug-likeness (QED) is 0.572. The van der Waals surface area contributed by atoms with E-state index in [1.54, 1.807) is 12.3 Å². The van der Waals surface area contributed by atoms with Gasteiger partial charge in [0.05, 0.1) is 25.0 Å². The first kappa shape index (κ1) is 19.4. The topological polar surface area (TPSA) is 58.8 Å². The summed E-state index contributed by atoms with van der Waals surface area (Å²) in [5, 5.41) is 6.51. The van der Waals surface area contributed by atoms with Gasteiger partial charge in [-0.15, -0.1) is 0 Å². The van der Waals surface area contributed by atoms with E-state index >= 15 is 0 Å². The van der Waals surface area contributed by atoms with Gasteiger partial charge in [0, 0.05) is 19.6 Å². The lowest BCUT2D eigenvalue weighted by Gasteiger charge is -2.19. The van der Waals surface area contributed by atoms with Crippen molar-refractivity contribution in [3.63, 3.8) is 0 Å². The van der Waals surface area contributed by atoms with Crippen LogP contribution in [-0.4, -0.2) is 31.8 Å². The van der Waals surface area contributed by atoms with Crippen molar-refractivity contribution in [2.24, 2.45) is 4.99 Å². The van der Waals surface area contributed by atoms with Crippen LogP contribution in [0.15, 0.2) is 46.0 Å². The SMILES string of the molecule is CC(NC(=NCC1CCCO1)NCCc1ccco1)c1ccc(F)c(F)c1. The minimum Gasteiger partial charge on any atom is -0.469 e. The number of rotatable bonds is 7. The lowest BCUT2D eigenvalue weighted by molar-refractivity contribution is 0.117. The summed E-state index contributed by atoms with van der Waals surface area (Å²) >= 11 is 0. The fourth-order valence-corrected chi connectivity index (χ4v) is 2.96. The number of guanidine groups is 1. The third-order valence-corrected chi connectivity index (χ3v) is 4.52. The Morgan fingerprint density at radius 2 is 2.19 bits per heavy atom. The molecule has 0 saturated carbocycles. The van der Waals surface area contributed by atoms with Crippen LogP contribution in [0.4, 0.5) is 8.78 Å². The van der Waals surface area contributed by atoms with Gasteiger partial charge in [0.2, 0.25) is 0 Å². The zero-order chi connectivity index (χ0) is 19.1. The third-order valence-electron chi connectivity index (χ3n) is 4.52. The first-order chi connectivity index (χ1) is 13.1. The molecular formula is C20H25F2N3O2. The zero-order valence-electron chi connectivity index (χ0n) is 15.4. The second-order valence-electron chi connectivity index (χ2n) is 6.62. The van der Waals surface area contributed by atoms with E-state index in [9.17, 15) is 8.78 Å². The highest BCUT2D eigenvalue weighted by Crippen LogP contribution is 2.16. The molecular weight excluding hydrogens is 352 g/mol. The number of furan rings is 1. The van der Waals surface area contributed by atoms with Crippen LogP contribution in [0.3, 0.4) is 0 Å². The Morgan fingerprint density at radius 1 is 1.30 bits per heavy atom. The highest BCUT2D eigenvalue weighted by molar-refractivity contribution is 5.80. The van der Waals surface area contributed by atoms with Crippen molar-refractivity contribution in [3.8, 4) is 0 Å². The summed E-state index contributed by atoms with van der Waals surface area (Å²) in [6.07, 6.45) is 4.55. The Bertz CT molecular complexity index is 744. The smallest absolute Gasteiger partial charge is 0.191 e. The van der Waals surface area contributed by atoms with E-state index in [1.165, 1.54) is 6.07 Å². The fourth-order valence-electron chi connectivity index (χ4n) is 2.96. The summed E-state index contributed by atoms with van der Waals surface area (Å²) in [5.74, 6) is -0.219. The molecule has 1 aromatic carbocycles. The molecule has 0 bridgehead atoms. The molecule has 1 fully saturated rings. The molecule has 0 amide bonds. The first-order valence-corrected chi connectivity index (χ1v) is 9.25. The third kappa shape index (κ3) is 5.79. The highest BCUT2D eigenvalue weighted by Gasteiger charge is 2.16. The van der Waals surface area contributed by atoms with Gasteiger partial charge in [-0.25, -0.2) is 8.78 Å². The summed E-state index contributed by atoms with van der Waals surface area (Å²) in [6.45, 7) is 3.85. The molecule has 0 spiro atoms. The molecule has 5 nitrogen and oxygen atoms in total. The standard InChI is InChI=1S/C20H25F2N3O2/c1-14(15-6-7-18(21)19(22)12-15)25-20(24-13-17-5-3-11-27-17)23-9-8-16-4-2-10-26-16/h2,4,6-7,10,12,14,17H,3,5,8-9,11,13H2,1H3,(H2,23,24,25). The predicted octanol–water partition coefficient (Wildman–Crippen LogP) is 3.58. The normalized spacial score (nSPS) is 18.5. The molecule has 2 unspecified atom stereocenters. The summed E-state index contributed by atoms with van der Waals surface area (Å²) in [6, 6.07) is 7.44. The number of benzene rings is 1. The van der Waals surface area contributed by atoms with Crippen LogP contribution in [0.1, 0.15) is 37.1 Å². The second-order valence-corrected chi connectivity index (χ2v) is 6.62. The number of halogens is 2. The number of ether oxygens (including phenoxy) is 1. The summed E-state index contributed by atoms with van der Waals surface area (Å²) in [5.41, 5.74) is 0.645. The zero-order valence-corrected chi connectivity index (χ0v) is 15.4. The lowest BCUT2D eigenvalue weighted by atomic mass is 10.1. The second kappa shape index (κ2) is 9.50. The number of nitrogens with zero attached hydrogens (tertiary/aromatic N) is 1. The Labute approximate surface area is 157 Å². The highest BCUT2D eigenvalue weighted by atomic mass is 19.2. The molecule has 1 aromatic heterocycles. The Morgan fingerprint density at radius 3 is 2.89 bits per heavy atom. The lowest BCUT2D eigenvalue weighted by Crippen LogP contribution is -2.40. The number of nitrogens with one attached hydrogen (secondary N) is 2. The van der Waals surface area contributed by atoms with E-state index < -0.39 is 11.6 Å². The van der Waals surface area contributed by atoms with Crippen LogP contribution in [-0.2, 0) is 11.2 Å². The van der Waals surface area contributed by atoms with Crippen molar-refractivity contribution in [2.45, 2.75) is 38.3 Å². The van der Waals surface area contributed by atoms with Crippen LogP contribution >= 0.6 is 0 Å². The van der Waals surface area contributed by atoms with Crippen molar-refractivity contribution in [2.75, 3.05) is 19.7 Å². The number of hydrogen-bond acceptors (Lipinski definition) is 3. The Balaban J connectivity index is 1.61. The van der Waals surface area contributed by atoms with E-state index in [-0.39, 0.29) is 12.1 Å². The Hall–Kier alpha value is -2.41. The molecule has 1 saturated heterocycles. The molecule has 3 rings (SSSR count). The Kier molecular flexibility index (Phi) is 6.81. The van der Waals surface area contributed by atoms with Gasteiger partial charge in [0.15, 0.2) is 17.6 Å². The fraction of sp³-hybridized carbons (Fsp3) is 0.450. The van der Waals surface area contributed by atoms with Crippen LogP contribution in [0.2, 0.25) is 0 Å². The maximum Gasteiger partial charge on any atom is 0.191 e. The van der Waals surface area contributed by atoms with E-state index in [2.05, 4.69) is 15.6 Å². The van der Waals surface area contributed by atoms with E-state index in [1.807, 2.05) is 19.1 Å². The number of aliphatic imine (C=N–C) groups is 1. The van der Waals surface area contributed by atoms with Gasteiger partial charge in [-0.1, -0.05) is 6.07 Å². The van der Waals surface area contributed by atoms with Gasteiger partial charge in [-0.05, 0) is 49.6 Å². The summed E-state index contributed by atoms with van der Waals surface area (Å²) in [7, 11) is 0. The van der Waals surface area contributed by atoms with Crippen LogP contribution in [0, 0.1) is 11.6 Å². The molecule has 1 aliphatic rings. The van der Waals surface area contributed by atoms with Gasteiger partial charge in [-0.2, -0.15) is 0 Å². The molecule has 7 heteroatoms. The van der Waals surface area contributed by atoms with Crippen LogP contribution < -0.4 is 10.6 Å². The van der Waals surface area contributed by atoms with Gasteiger partial charge in [0.25, 0.3) is 0 Å². The van der Waals surface area contributed by atoms with Gasteiger partial charge >= 0.3 is 0 Å².